The topological polar surface area (TPSA) is 28.7 Å². The number of aromatic nitrogens is 2. The number of hydrogen-bond donors (Lipinski definition) is 1. The number of nitrogens with one attached hydrogen (secondary N) is 1. The van der Waals surface area contributed by atoms with Crippen molar-refractivity contribution in [2.24, 2.45) is 0 Å². The predicted octanol–water partition coefficient (Wildman–Crippen LogP) is 4.38. The molecule has 0 amide bonds. The number of halogens is 2. The quantitative estimate of drug-likeness (QED) is 0.609. The van der Waals surface area contributed by atoms with Gasteiger partial charge in [-0.15, -0.1) is 0 Å². The molecule has 4 heteroatoms. The van der Waals surface area contributed by atoms with Gasteiger partial charge in [0.05, 0.1) is 10.7 Å². The van der Waals surface area contributed by atoms with Gasteiger partial charge in [0.1, 0.15) is 5.69 Å². The Kier molecular flexibility index (Phi) is 3.29. The molecule has 2 nitrogen and oxygen atoms in total. The third-order valence-corrected chi connectivity index (χ3v) is 3.35. The van der Waals surface area contributed by atoms with Crippen molar-refractivity contribution >= 4 is 38.4 Å². The van der Waals surface area contributed by atoms with Crippen molar-refractivity contribution < 1.29 is 0 Å². The molecule has 3 rings (SSSR count). The highest BCUT2D eigenvalue weighted by Crippen LogP contribution is 2.19. The van der Waals surface area contributed by atoms with Crippen LogP contribution < -0.4 is 0 Å². The fourth-order valence-electron chi connectivity index (χ4n) is 1.75. The Morgan fingerprint density at radius 2 is 2.00 bits per heavy atom. The van der Waals surface area contributed by atoms with Gasteiger partial charge in [0.15, 0.2) is 0 Å². The van der Waals surface area contributed by atoms with E-state index in [-0.39, 0.29) is 0 Å². The Hall–Kier alpha value is -1.76. The van der Waals surface area contributed by atoms with Crippen molar-refractivity contribution in [2.45, 2.75) is 0 Å². The van der Waals surface area contributed by atoms with Crippen molar-refractivity contribution in [1.29, 1.82) is 0 Å². The first-order valence-electron chi connectivity index (χ1n) is 5.62. The van der Waals surface area contributed by atoms with Crippen LogP contribution in [0.5, 0.6) is 0 Å². The molecule has 0 aliphatic carbocycles. The summed E-state index contributed by atoms with van der Waals surface area (Å²) < 4.78 is 1.04. The number of nitrogens with zero attached hydrogens (tertiary/aromatic N) is 1. The van der Waals surface area contributed by atoms with E-state index >= 15 is 0 Å². The highest BCUT2D eigenvalue weighted by molar-refractivity contribution is 9.10. The molecule has 3 aromatic rings. The van der Waals surface area contributed by atoms with Gasteiger partial charge < -0.3 is 4.98 Å². The average molecular weight is 332 g/mol. The van der Waals surface area contributed by atoms with Crippen molar-refractivity contribution in [2.75, 3.05) is 0 Å². The highest BCUT2D eigenvalue weighted by Gasteiger charge is 1.98. The highest BCUT2D eigenvalue weighted by atomic mass is 79.9. The number of rotatable bonds is 0. The van der Waals surface area contributed by atoms with Crippen molar-refractivity contribution in [3.05, 3.63) is 63.5 Å². The second kappa shape index (κ2) is 5.08. The summed E-state index contributed by atoms with van der Waals surface area (Å²) in [5, 5.41) is 1.75. The van der Waals surface area contributed by atoms with Gasteiger partial charge in [0.25, 0.3) is 0 Å². The molecule has 0 saturated carbocycles. The maximum atomic E-state index is 5.78. The molecule has 1 N–H and O–H groups in total. The number of H-pyrrole nitrogens is 1. The standard InChI is InChI=1S/C15H8BrClN2/c16-11-2-1-10-7-14(19-15(10)8-11)6-5-13-4-3-12(17)9-18-13/h1-4,7-9,19H. The van der Waals surface area contributed by atoms with Crippen LogP contribution in [-0.2, 0) is 0 Å². The van der Waals surface area contributed by atoms with Crippen LogP contribution in [-0.4, -0.2) is 9.97 Å². The molecule has 0 saturated heterocycles. The molecule has 19 heavy (non-hydrogen) atoms. The average Bonchev–Trinajstić information content (AvgIpc) is 2.80. The molecular weight excluding hydrogens is 324 g/mol. The van der Waals surface area contributed by atoms with Crippen LogP contribution in [0.25, 0.3) is 10.9 Å². The molecule has 1 aromatic carbocycles. The molecule has 2 heterocycles. The summed E-state index contributed by atoms with van der Waals surface area (Å²) in [5.74, 6) is 6.06. The van der Waals surface area contributed by atoms with E-state index in [1.54, 1.807) is 18.3 Å². The van der Waals surface area contributed by atoms with Crippen LogP contribution in [0.15, 0.2) is 47.1 Å². The fraction of sp³-hybridized carbons (Fsp3) is 0. The monoisotopic (exact) mass is 330 g/mol. The van der Waals surface area contributed by atoms with Crippen LogP contribution in [0.2, 0.25) is 5.02 Å². The van der Waals surface area contributed by atoms with Gasteiger partial charge in [0.2, 0.25) is 0 Å². The van der Waals surface area contributed by atoms with Crippen LogP contribution in [0.1, 0.15) is 11.4 Å². The molecule has 0 aliphatic rings. The van der Waals surface area contributed by atoms with Gasteiger partial charge in [-0.05, 0) is 42.2 Å². The summed E-state index contributed by atoms with van der Waals surface area (Å²) in [7, 11) is 0. The summed E-state index contributed by atoms with van der Waals surface area (Å²) in [5.41, 5.74) is 2.62. The number of pyridine rings is 1. The van der Waals surface area contributed by atoms with E-state index in [2.05, 4.69) is 37.7 Å². The molecule has 0 spiro atoms. The molecule has 0 fully saturated rings. The molecule has 0 radical (unpaired) electrons. The molecule has 2 aromatic heterocycles. The smallest absolute Gasteiger partial charge is 0.113 e. The van der Waals surface area contributed by atoms with E-state index < -0.39 is 0 Å². The van der Waals surface area contributed by atoms with Crippen LogP contribution in [0, 0.1) is 11.8 Å². The maximum Gasteiger partial charge on any atom is 0.113 e. The van der Waals surface area contributed by atoms with Gasteiger partial charge in [0, 0.05) is 21.6 Å². The Morgan fingerprint density at radius 1 is 1.11 bits per heavy atom. The zero-order valence-electron chi connectivity index (χ0n) is 9.74. The number of hydrogen-bond acceptors (Lipinski definition) is 1. The van der Waals surface area contributed by atoms with E-state index in [0.717, 1.165) is 21.1 Å². The molecule has 92 valence electrons. The zero-order valence-corrected chi connectivity index (χ0v) is 12.1. The number of aromatic amines is 1. The van der Waals surface area contributed by atoms with E-state index in [0.29, 0.717) is 10.7 Å². The minimum atomic E-state index is 0.612. The lowest BCUT2D eigenvalue weighted by Crippen LogP contribution is -1.80. The largest absolute Gasteiger partial charge is 0.348 e. The molecule has 0 atom stereocenters. The van der Waals surface area contributed by atoms with E-state index in [4.69, 9.17) is 11.6 Å². The second-order valence-electron chi connectivity index (χ2n) is 4.03. The maximum absolute atomic E-state index is 5.78. The predicted molar refractivity (Wildman–Crippen MR) is 81.2 cm³/mol. The zero-order chi connectivity index (χ0) is 13.2. The van der Waals surface area contributed by atoms with Gasteiger partial charge in [-0.3, -0.25) is 0 Å². The number of fused-ring (bicyclic) bond motifs is 1. The van der Waals surface area contributed by atoms with Crippen molar-refractivity contribution in [3.63, 3.8) is 0 Å². The lowest BCUT2D eigenvalue weighted by atomic mass is 10.2. The SMILES string of the molecule is Clc1ccc(C#Cc2cc3ccc(Br)cc3[nH]2)nc1. The van der Waals surface area contributed by atoms with E-state index in [9.17, 15) is 0 Å². The van der Waals surface area contributed by atoms with Crippen molar-refractivity contribution in [3.8, 4) is 11.8 Å². The summed E-state index contributed by atoms with van der Waals surface area (Å²) in [4.78, 5) is 7.40. The summed E-state index contributed by atoms with van der Waals surface area (Å²) in [6, 6.07) is 11.7. The van der Waals surface area contributed by atoms with E-state index in [1.165, 1.54) is 0 Å². The van der Waals surface area contributed by atoms with Crippen molar-refractivity contribution in [1.82, 2.24) is 9.97 Å². The first-order valence-corrected chi connectivity index (χ1v) is 6.80. The summed E-state index contributed by atoms with van der Waals surface area (Å²) >= 11 is 9.22. The van der Waals surface area contributed by atoms with Gasteiger partial charge in [-0.2, -0.15) is 0 Å². The Labute approximate surface area is 123 Å². The minimum absolute atomic E-state index is 0.612. The van der Waals surface area contributed by atoms with Crippen LogP contribution >= 0.6 is 27.5 Å². The van der Waals surface area contributed by atoms with Crippen LogP contribution in [0.3, 0.4) is 0 Å². The first kappa shape index (κ1) is 12.3. The Morgan fingerprint density at radius 3 is 2.79 bits per heavy atom. The molecular formula is C15H8BrClN2. The minimum Gasteiger partial charge on any atom is -0.348 e. The first-order chi connectivity index (χ1) is 9.20. The normalized spacial score (nSPS) is 10.2. The molecule has 0 aliphatic heterocycles. The Balaban J connectivity index is 1.95. The molecule has 0 unspecified atom stereocenters. The van der Waals surface area contributed by atoms with E-state index in [1.807, 2.05) is 24.3 Å². The Bertz CT molecular complexity index is 794. The summed E-state index contributed by atoms with van der Waals surface area (Å²) in [6.07, 6.45) is 1.59. The second-order valence-corrected chi connectivity index (χ2v) is 5.38. The van der Waals surface area contributed by atoms with Gasteiger partial charge in [-0.1, -0.05) is 33.6 Å². The lowest BCUT2D eigenvalue weighted by Gasteiger charge is -1.89. The number of benzene rings is 1. The fourth-order valence-corrected chi connectivity index (χ4v) is 2.22. The van der Waals surface area contributed by atoms with Gasteiger partial charge in [-0.25, -0.2) is 4.98 Å². The lowest BCUT2D eigenvalue weighted by molar-refractivity contribution is 1.29. The van der Waals surface area contributed by atoms with Crippen LogP contribution in [0.4, 0.5) is 0 Å². The molecule has 0 bridgehead atoms. The van der Waals surface area contributed by atoms with Gasteiger partial charge >= 0.3 is 0 Å². The third kappa shape index (κ3) is 2.81. The summed E-state index contributed by atoms with van der Waals surface area (Å²) in [6.45, 7) is 0. The third-order valence-electron chi connectivity index (χ3n) is 2.64.